The minimum atomic E-state index is -0.945. The number of amides is 1. The Morgan fingerprint density at radius 1 is 1.43 bits per heavy atom. The van der Waals surface area contributed by atoms with Gasteiger partial charge in [-0.15, -0.1) is 0 Å². The summed E-state index contributed by atoms with van der Waals surface area (Å²) in [5, 5.41) is 11.7. The lowest BCUT2D eigenvalue weighted by molar-refractivity contribution is -0.148. The van der Waals surface area contributed by atoms with Crippen molar-refractivity contribution >= 4 is 18.0 Å². The van der Waals surface area contributed by atoms with Crippen molar-refractivity contribution in [3.8, 4) is 5.75 Å². The van der Waals surface area contributed by atoms with Crippen LogP contribution in [0.1, 0.15) is 25.8 Å². The lowest BCUT2D eigenvalue weighted by Crippen LogP contribution is -2.40. The third-order valence-electron chi connectivity index (χ3n) is 3.47. The summed E-state index contributed by atoms with van der Waals surface area (Å²) in [5.74, 6) is -0.525. The SMILES string of the molecule is CCC(C)(CNC(=O)/C=C/c1cccc(OC)c1)C(=O)O. The Hall–Kier alpha value is -2.30. The number of nitrogens with one attached hydrogen (secondary N) is 1. The first-order valence-electron chi connectivity index (χ1n) is 6.74. The molecule has 1 rings (SSSR count). The second-order valence-corrected chi connectivity index (χ2v) is 5.05. The second-order valence-electron chi connectivity index (χ2n) is 5.05. The number of carbonyl (C=O) groups is 2. The van der Waals surface area contributed by atoms with Gasteiger partial charge in [0.25, 0.3) is 0 Å². The van der Waals surface area contributed by atoms with Crippen LogP contribution in [0, 0.1) is 5.41 Å². The van der Waals surface area contributed by atoms with Crippen molar-refractivity contribution in [3.05, 3.63) is 35.9 Å². The molecule has 0 spiro atoms. The molecule has 1 aromatic rings. The molecule has 0 aromatic heterocycles. The highest BCUT2D eigenvalue weighted by molar-refractivity contribution is 5.92. The highest BCUT2D eigenvalue weighted by Gasteiger charge is 2.31. The van der Waals surface area contributed by atoms with Gasteiger partial charge >= 0.3 is 5.97 Å². The van der Waals surface area contributed by atoms with E-state index in [-0.39, 0.29) is 12.5 Å². The highest BCUT2D eigenvalue weighted by Crippen LogP contribution is 2.19. The van der Waals surface area contributed by atoms with Gasteiger partial charge < -0.3 is 15.2 Å². The molecule has 0 fully saturated rings. The molecule has 5 nitrogen and oxygen atoms in total. The normalized spacial score (nSPS) is 13.7. The number of aliphatic carboxylic acids is 1. The molecule has 114 valence electrons. The number of rotatable bonds is 7. The molecule has 0 aliphatic carbocycles. The maximum atomic E-state index is 11.7. The van der Waals surface area contributed by atoms with Crippen LogP contribution in [-0.2, 0) is 9.59 Å². The van der Waals surface area contributed by atoms with Gasteiger partial charge in [-0.1, -0.05) is 19.1 Å². The summed E-state index contributed by atoms with van der Waals surface area (Å²) in [6.45, 7) is 3.49. The first-order valence-corrected chi connectivity index (χ1v) is 6.74. The number of hydrogen-bond donors (Lipinski definition) is 2. The number of carbonyl (C=O) groups excluding carboxylic acids is 1. The van der Waals surface area contributed by atoms with E-state index in [1.807, 2.05) is 18.2 Å². The Balaban J connectivity index is 2.61. The molecule has 1 amide bonds. The second kappa shape index (κ2) is 7.47. The van der Waals surface area contributed by atoms with Crippen LogP contribution in [0.15, 0.2) is 30.3 Å². The van der Waals surface area contributed by atoms with E-state index < -0.39 is 11.4 Å². The van der Waals surface area contributed by atoms with Crippen LogP contribution < -0.4 is 10.1 Å². The van der Waals surface area contributed by atoms with Crippen molar-refractivity contribution in [2.24, 2.45) is 5.41 Å². The van der Waals surface area contributed by atoms with Crippen molar-refractivity contribution in [2.45, 2.75) is 20.3 Å². The predicted molar refractivity (Wildman–Crippen MR) is 81.1 cm³/mol. The van der Waals surface area contributed by atoms with E-state index in [0.29, 0.717) is 12.2 Å². The standard InChI is InChI=1S/C16H21NO4/c1-4-16(2,15(19)20)11-17-14(18)9-8-12-6-5-7-13(10-12)21-3/h5-10H,4,11H2,1-3H3,(H,17,18)(H,19,20)/b9-8+. The van der Waals surface area contributed by atoms with Gasteiger partial charge in [-0.25, -0.2) is 0 Å². The van der Waals surface area contributed by atoms with Gasteiger partial charge in [-0.2, -0.15) is 0 Å². The number of carboxylic acid groups (broad SMARTS) is 1. The molecule has 2 N–H and O–H groups in total. The number of ether oxygens (including phenoxy) is 1. The third-order valence-corrected chi connectivity index (χ3v) is 3.47. The fraction of sp³-hybridized carbons (Fsp3) is 0.375. The topological polar surface area (TPSA) is 75.6 Å². The Bertz CT molecular complexity index is 539. The summed E-state index contributed by atoms with van der Waals surface area (Å²) in [6.07, 6.45) is 3.48. The Labute approximate surface area is 124 Å². The van der Waals surface area contributed by atoms with Crippen LogP contribution in [0.3, 0.4) is 0 Å². The zero-order valence-electron chi connectivity index (χ0n) is 12.6. The van der Waals surface area contributed by atoms with Crippen molar-refractivity contribution < 1.29 is 19.4 Å². The van der Waals surface area contributed by atoms with Gasteiger partial charge in [0, 0.05) is 12.6 Å². The average molecular weight is 291 g/mol. The van der Waals surface area contributed by atoms with E-state index >= 15 is 0 Å². The van der Waals surface area contributed by atoms with Gasteiger partial charge in [-0.05, 0) is 37.1 Å². The summed E-state index contributed by atoms with van der Waals surface area (Å²) in [4.78, 5) is 22.9. The molecular formula is C16H21NO4. The van der Waals surface area contributed by atoms with Crippen molar-refractivity contribution in [1.82, 2.24) is 5.32 Å². The maximum Gasteiger partial charge on any atom is 0.311 e. The van der Waals surface area contributed by atoms with Crippen LogP contribution in [0.4, 0.5) is 0 Å². The molecule has 21 heavy (non-hydrogen) atoms. The molecule has 0 bridgehead atoms. The third kappa shape index (κ3) is 4.95. The van der Waals surface area contributed by atoms with Gasteiger partial charge in [0.05, 0.1) is 12.5 Å². The Kier molecular flexibility index (Phi) is 5.96. The van der Waals surface area contributed by atoms with Crippen molar-refractivity contribution in [3.63, 3.8) is 0 Å². The molecule has 1 aromatic carbocycles. The molecule has 0 heterocycles. The summed E-state index contributed by atoms with van der Waals surface area (Å²) in [5.41, 5.74) is -0.111. The predicted octanol–water partition coefficient (Wildman–Crippen LogP) is 2.33. The number of methoxy groups -OCH3 is 1. The average Bonchev–Trinajstić information content (AvgIpc) is 2.50. The monoisotopic (exact) mass is 291 g/mol. The first kappa shape index (κ1) is 16.8. The van der Waals surface area contributed by atoms with E-state index in [0.717, 1.165) is 5.56 Å². The summed E-state index contributed by atoms with van der Waals surface area (Å²) in [7, 11) is 1.58. The first-order chi connectivity index (χ1) is 9.91. The van der Waals surface area contributed by atoms with Gasteiger partial charge in [0.15, 0.2) is 0 Å². The van der Waals surface area contributed by atoms with Gasteiger partial charge in [0.1, 0.15) is 5.75 Å². The minimum absolute atomic E-state index is 0.0973. The molecule has 0 aliphatic rings. The molecule has 1 atom stereocenters. The van der Waals surface area contributed by atoms with Gasteiger partial charge in [-0.3, -0.25) is 9.59 Å². The van der Waals surface area contributed by atoms with E-state index in [4.69, 9.17) is 9.84 Å². The largest absolute Gasteiger partial charge is 0.497 e. The lowest BCUT2D eigenvalue weighted by Gasteiger charge is -2.22. The fourth-order valence-corrected chi connectivity index (χ4v) is 1.61. The molecular weight excluding hydrogens is 270 g/mol. The van der Waals surface area contributed by atoms with E-state index in [2.05, 4.69) is 5.32 Å². The van der Waals surface area contributed by atoms with Crippen LogP contribution in [0.2, 0.25) is 0 Å². The lowest BCUT2D eigenvalue weighted by atomic mass is 9.88. The van der Waals surface area contributed by atoms with E-state index in [1.54, 1.807) is 33.1 Å². The van der Waals surface area contributed by atoms with Gasteiger partial charge in [0.2, 0.25) is 5.91 Å². The van der Waals surface area contributed by atoms with Crippen LogP contribution in [0.5, 0.6) is 5.75 Å². The number of hydrogen-bond acceptors (Lipinski definition) is 3. The fourth-order valence-electron chi connectivity index (χ4n) is 1.61. The molecule has 1 unspecified atom stereocenters. The van der Waals surface area contributed by atoms with E-state index in [1.165, 1.54) is 6.08 Å². The zero-order valence-corrected chi connectivity index (χ0v) is 12.6. The minimum Gasteiger partial charge on any atom is -0.497 e. The molecule has 0 radical (unpaired) electrons. The van der Waals surface area contributed by atoms with E-state index in [9.17, 15) is 9.59 Å². The summed E-state index contributed by atoms with van der Waals surface area (Å²) >= 11 is 0. The number of benzene rings is 1. The van der Waals surface area contributed by atoms with Crippen LogP contribution in [-0.4, -0.2) is 30.6 Å². The summed E-state index contributed by atoms with van der Waals surface area (Å²) < 4.78 is 5.10. The summed E-state index contributed by atoms with van der Waals surface area (Å²) in [6, 6.07) is 7.29. The maximum absolute atomic E-state index is 11.7. The van der Waals surface area contributed by atoms with Crippen molar-refractivity contribution in [1.29, 1.82) is 0 Å². The smallest absolute Gasteiger partial charge is 0.311 e. The Morgan fingerprint density at radius 3 is 2.71 bits per heavy atom. The molecule has 0 aliphatic heterocycles. The molecule has 0 saturated carbocycles. The Morgan fingerprint density at radius 2 is 2.14 bits per heavy atom. The quantitative estimate of drug-likeness (QED) is 0.756. The zero-order chi connectivity index (χ0) is 15.9. The molecule has 0 saturated heterocycles. The number of carboxylic acids is 1. The van der Waals surface area contributed by atoms with Crippen LogP contribution >= 0.6 is 0 Å². The molecule has 5 heteroatoms. The van der Waals surface area contributed by atoms with Crippen LogP contribution in [0.25, 0.3) is 6.08 Å². The van der Waals surface area contributed by atoms with Crippen molar-refractivity contribution in [2.75, 3.05) is 13.7 Å². The highest BCUT2D eigenvalue weighted by atomic mass is 16.5.